The Balaban J connectivity index is 2.28. The highest BCUT2D eigenvalue weighted by Gasteiger charge is 2.22. The lowest BCUT2D eigenvalue weighted by Gasteiger charge is -2.07. The van der Waals surface area contributed by atoms with Crippen LogP contribution in [0.4, 0.5) is 5.82 Å². The highest BCUT2D eigenvalue weighted by atomic mass is 127. The number of nitrogens with zero attached hydrogens (tertiary/aromatic N) is 1. The fourth-order valence-corrected chi connectivity index (χ4v) is 3.24. The maximum atomic E-state index is 6.27. The van der Waals surface area contributed by atoms with E-state index < -0.39 is 0 Å². The number of hydrogen-bond acceptors (Lipinski definition) is 3. The van der Waals surface area contributed by atoms with Gasteiger partial charge in [0.25, 0.3) is 0 Å². The lowest BCUT2D eigenvalue weighted by Crippen LogP contribution is -1.90. The zero-order valence-electron chi connectivity index (χ0n) is 10.6. The minimum atomic E-state index is 0.263. The van der Waals surface area contributed by atoms with Gasteiger partial charge < -0.3 is 10.3 Å². The van der Waals surface area contributed by atoms with Crippen LogP contribution in [0.2, 0.25) is 10.0 Å². The number of aromatic nitrogens is 1. The van der Waals surface area contributed by atoms with Crippen molar-refractivity contribution in [2.45, 2.75) is 0 Å². The summed E-state index contributed by atoms with van der Waals surface area (Å²) >= 11 is 14.8. The van der Waals surface area contributed by atoms with Crippen LogP contribution in [0.5, 0.6) is 0 Å². The van der Waals surface area contributed by atoms with Gasteiger partial charge in [0.1, 0.15) is 0 Å². The SMILES string of the molecule is Nc1noc(-c2cccc(I)c2)c1-c1c(Cl)cccc1Cl. The summed E-state index contributed by atoms with van der Waals surface area (Å²) in [5.41, 5.74) is 8.09. The highest BCUT2D eigenvalue weighted by Crippen LogP contribution is 2.43. The largest absolute Gasteiger partial charge is 0.380 e. The van der Waals surface area contributed by atoms with Gasteiger partial charge in [-0.15, -0.1) is 0 Å². The van der Waals surface area contributed by atoms with E-state index in [1.807, 2.05) is 24.3 Å². The molecule has 1 aromatic heterocycles. The van der Waals surface area contributed by atoms with E-state index in [2.05, 4.69) is 27.7 Å². The molecule has 6 heteroatoms. The second-order valence-electron chi connectivity index (χ2n) is 4.38. The van der Waals surface area contributed by atoms with Crippen LogP contribution in [0, 0.1) is 3.57 Å². The predicted molar refractivity (Wildman–Crippen MR) is 94.5 cm³/mol. The molecule has 0 aliphatic rings. The second-order valence-corrected chi connectivity index (χ2v) is 6.44. The summed E-state index contributed by atoms with van der Waals surface area (Å²) in [5.74, 6) is 0.819. The van der Waals surface area contributed by atoms with Crippen molar-refractivity contribution in [1.82, 2.24) is 5.16 Å². The van der Waals surface area contributed by atoms with E-state index in [1.54, 1.807) is 18.2 Å². The molecule has 0 unspecified atom stereocenters. The maximum Gasteiger partial charge on any atom is 0.177 e. The first-order chi connectivity index (χ1) is 10.1. The van der Waals surface area contributed by atoms with Gasteiger partial charge in [0.05, 0.1) is 15.6 Å². The van der Waals surface area contributed by atoms with Gasteiger partial charge in [0, 0.05) is 14.7 Å². The predicted octanol–water partition coefficient (Wildman–Crippen LogP) is 5.50. The van der Waals surface area contributed by atoms with Crippen molar-refractivity contribution in [1.29, 1.82) is 0 Å². The summed E-state index contributed by atoms with van der Waals surface area (Å²) in [5, 5.41) is 4.87. The van der Waals surface area contributed by atoms with Crippen molar-refractivity contribution < 1.29 is 4.52 Å². The molecule has 2 aromatic carbocycles. The van der Waals surface area contributed by atoms with E-state index in [1.165, 1.54) is 0 Å². The minimum absolute atomic E-state index is 0.263. The van der Waals surface area contributed by atoms with Crippen LogP contribution in [0.3, 0.4) is 0 Å². The first-order valence-corrected chi connectivity index (χ1v) is 7.87. The third-order valence-corrected chi connectivity index (χ3v) is 4.32. The Morgan fingerprint density at radius 2 is 1.67 bits per heavy atom. The maximum absolute atomic E-state index is 6.27. The van der Waals surface area contributed by atoms with Gasteiger partial charge in [-0.1, -0.05) is 46.6 Å². The molecule has 0 bridgehead atoms. The average Bonchev–Trinajstić information content (AvgIpc) is 2.81. The summed E-state index contributed by atoms with van der Waals surface area (Å²) in [6, 6.07) is 13.1. The van der Waals surface area contributed by atoms with E-state index in [4.69, 9.17) is 33.5 Å². The molecule has 0 atom stereocenters. The first-order valence-electron chi connectivity index (χ1n) is 6.03. The van der Waals surface area contributed by atoms with Crippen LogP contribution in [-0.2, 0) is 0 Å². The minimum Gasteiger partial charge on any atom is -0.380 e. The van der Waals surface area contributed by atoms with E-state index >= 15 is 0 Å². The van der Waals surface area contributed by atoms with Crippen molar-refractivity contribution in [3.63, 3.8) is 0 Å². The fraction of sp³-hybridized carbons (Fsp3) is 0. The molecule has 0 saturated heterocycles. The Labute approximate surface area is 145 Å². The Hall–Kier alpha value is -1.24. The standard InChI is InChI=1S/C15H9Cl2IN2O/c16-10-5-2-6-11(17)12(10)13-14(21-20-15(13)19)8-3-1-4-9(18)7-8/h1-7H,(H2,19,20). The molecule has 0 radical (unpaired) electrons. The molecule has 3 aromatic rings. The summed E-state index contributed by atoms with van der Waals surface area (Å²) in [6.07, 6.45) is 0. The van der Waals surface area contributed by atoms with Crippen LogP contribution >= 0.6 is 45.8 Å². The van der Waals surface area contributed by atoms with Gasteiger partial charge in [-0.3, -0.25) is 0 Å². The third-order valence-electron chi connectivity index (χ3n) is 3.02. The van der Waals surface area contributed by atoms with Gasteiger partial charge in [0.15, 0.2) is 11.6 Å². The summed E-state index contributed by atoms with van der Waals surface area (Å²) in [6.45, 7) is 0. The molecule has 0 spiro atoms. The number of benzene rings is 2. The summed E-state index contributed by atoms with van der Waals surface area (Å²) < 4.78 is 6.49. The first kappa shape index (κ1) is 14.7. The quantitative estimate of drug-likeness (QED) is 0.546. The van der Waals surface area contributed by atoms with E-state index in [0.29, 0.717) is 26.9 Å². The molecule has 0 aliphatic heterocycles. The number of halogens is 3. The lowest BCUT2D eigenvalue weighted by atomic mass is 10.0. The van der Waals surface area contributed by atoms with Crippen LogP contribution in [0.25, 0.3) is 22.5 Å². The Morgan fingerprint density at radius 3 is 2.33 bits per heavy atom. The van der Waals surface area contributed by atoms with Crippen molar-refractivity contribution in [3.8, 4) is 22.5 Å². The van der Waals surface area contributed by atoms with E-state index in [-0.39, 0.29) is 5.82 Å². The van der Waals surface area contributed by atoms with Gasteiger partial charge in [-0.25, -0.2) is 0 Å². The van der Waals surface area contributed by atoms with Crippen LogP contribution in [-0.4, -0.2) is 5.16 Å². The number of hydrogen-bond donors (Lipinski definition) is 1. The second kappa shape index (κ2) is 5.87. The van der Waals surface area contributed by atoms with Crippen molar-refractivity contribution in [3.05, 3.63) is 56.1 Å². The van der Waals surface area contributed by atoms with Crippen molar-refractivity contribution >= 4 is 51.6 Å². The Bertz CT molecular complexity index is 797. The Kier molecular flexibility index (Phi) is 4.10. The molecule has 1 heterocycles. The van der Waals surface area contributed by atoms with Gasteiger partial charge in [-0.2, -0.15) is 0 Å². The van der Waals surface area contributed by atoms with Gasteiger partial charge in [-0.05, 0) is 46.9 Å². The zero-order valence-corrected chi connectivity index (χ0v) is 14.3. The lowest BCUT2D eigenvalue weighted by molar-refractivity contribution is 0.436. The van der Waals surface area contributed by atoms with Crippen LogP contribution < -0.4 is 5.73 Å². The molecule has 21 heavy (non-hydrogen) atoms. The normalized spacial score (nSPS) is 10.8. The van der Waals surface area contributed by atoms with E-state index in [9.17, 15) is 0 Å². The van der Waals surface area contributed by atoms with Crippen LogP contribution in [0.1, 0.15) is 0 Å². The molecular formula is C15H9Cl2IN2O. The van der Waals surface area contributed by atoms with E-state index in [0.717, 1.165) is 9.13 Å². The Morgan fingerprint density at radius 1 is 1.00 bits per heavy atom. The smallest absolute Gasteiger partial charge is 0.177 e. The molecule has 106 valence electrons. The molecule has 3 nitrogen and oxygen atoms in total. The van der Waals surface area contributed by atoms with Crippen LogP contribution in [0.15, 0.2) is 47.0 Å². The molecule has 3 rings (SSSR count). The fourth-order valence-electron chi connectivity index (χ4n) is 2.11. The summed E-state index contributed by atoms with van der Waals surface area (Å²) in [4.78, 5) is 0. The van der Waals surface area contributed by atoms with Gasteiger partial charge >= 0.3 is 0 Å². The highest BCUT2D eigenvalue weighted by molar-refractivity contribution is 14.1. The molecular weight excluding hydrogens is 422 g/mol. The molecule has 0 aliphatic carbocycles. The molecule has 0 fully saturated rings. The molecule has 0 amide bonds. The summed E-state index contributed by atoms with van der Waals surface area (Å²) in [7, 11) is 0. The number of rotatable bonds is 2. The van der Waals surface area contributed by atoms with Crippen molar-refractivity contribution in [2.75, 3.05) is 5.73 Å². The number of anilines is 1. The molecule has 0 saturated carbocycles. The average molecular weight is 431 g/mol. The van der Waals surface area contributed by atoms with Gasteiger partial charge in [0.2, 0.25) is 0 Å². The monoisotopic (exact) mass is 430 g/mol. The number of nitrogens with two attached hydrogens (primary N) is 1. The number of nitrogen functional groups attached to an aromatic ring is 1. The molecule has 2 N–H and O–H groups in total. The zero-order chi connectivity index (χ0) is 15.0. The van der Waals surface area contributed by atoms with Crippen molar-refractivity contribution in [2.24, 2.45) is 0 Å². The topological polar surface area (TPSA) is 52.0 Å². The third kappa shape index (κ3) is 2.75.